The number of rotatable bonds is 6. The highest BCUT2D eigenvalue weighted by Gasteiger charge is 2.17. The number of piperidine rings is 1. The van der Waals surface area contributed by atoms with Crippen LogP contribution in [0.4, 0.5) is 0 Å². The van der Waals surface area contributed by atoms with Crippen molar-refractivity contribution in [3.05, 3.63) is 12.7 Å². The molecule has 1 fully saturated rings. The van der Waals surface area contributed by atoms with Gasteiger partial charge in [-0.15, -0.1) is 18.3 Å². The Balaban J connectivity index is 2.08. The molecule has 0 radical (unpaired) electrons. The summed E-state index contributed by atoms with van der Waals surface area (Å²) in [4.78, 5) is 13.8. The second kappa shape index (κ2) is 7.74. The maximum absolute atomic E-state index is 11.5. The van der Waals surface area contributed by atoms with Crippen molar-refractivity contribution in [3.63, 3.8) is 0 Å². The molecule has 1 rings (SSSR count). The van der Waals surface area contributed by atoms with Crippen molar-refractivity contribution >= 4 is 17.7 Å². The van der Waals surface area contributed by atoms with E-state index in [0.29, 0.717) is 11.7 Å². The molecule has 16 heavy (non-hydrogen) atoms. The van der Waals surface area contributed by atoms with Crippen LogP contribution in [0.25, 0.3) is 0 Å². The van der Waals surface area contributed by atoms with Crippen molar-refractivity contribution in [3.8, 4) is 0 Å². The van der Waals surface area contributed by atoms with E-state index in [2.05, 4.69) is 23.8 Å². The first kappa shape index (κ1) is 13.6. The van der Waals surface area contributed by atoms with Gasteiger partial charge in [0.1, 0.15) is 0 Å². The highest BCUT2D eigenvalue weighted by molar-refractivity contribution is 8.00. The SMILES string of the molecule is C=CCSCC(=O)NC[C@@H]1CCCN(C)C1. The number of amides is 1. The maximum Gasteiger partial charge on any atom is 0.230 e. The van der Waals surface area contributed by atoms with E-state index in [-0.39, 0.29) is 5.91 Å². The predicted molar refractivity (Wildman–Crippen MR) is 70.8 cm³/mol. The third kappa shape index (κ3) is 5.56. The first-order chi connectivity index (χ1) is 7.72. The van der Waals surface area contributed by atoms with Gasteiger partial charge >= 0.3 is 0 Å². The highest BCUT2D eigenvalue weighted by Crippen LogP contribution is 2.13. The molecule has 1 aliphatic rings. The first-order valence-electron chi connectivity index (χ1n) is 5.86. The van der Waals surface area contributed by atoms with E-state index < -0.39 is 0 Å². The van der Waals surface area contributed by atoms with Crippen molar-refractivity contribution in [1.29, 1.82) is 0 Å². The van der Waals surface area contributed by atoms with Crippen molar-refractivity contribution in [2.75, 3.05) is 38.2 Å². The van der Waals surface area contributed by atoms with Crippen molar-refractivity contribution in [2.45, 2.75) is 12.8 Å². The van der Waals surface area contributed by atoms with Crippen molar-refractivity contribution in [2.24, 2.45) is 5.92 Å². The number of likely N-dealkylation sites (tertiary alicyclic amines) is 1. The Hall–Kier alpha value is -0.480. The van der Waals surface area contributed by atoms with Gasteiger partial charge < -0.3 is 10.2 Å². The molecule has 1 N–H and O–H groups in total. The van der Waals surface area contributed by atoms with Crippen LogP contribution in [-0.2, 0) is 4.79 Å². The number of hydrogen-bond donors (Lipinski definition) is 1. The maximum atomic E-state index is 11.5. The van der Waals surface area contributed by atoms with Crippen LogP contribution in [0.1, 0.15) is 12.8 Å². The van der Waals surface area contributed by atoms with E-state index in [0.717, 1.165) is 18.8 Å². The van der Waals surface area contributed by atoms with Gasteiger partial charge in [-0.3, -0.25) is 4.79 Å². The Morgan fingerprint density at radius 1 is 1.69 bits per heavy atom. The number of carbonyl (C=O) groups is 1. The standard InChI is InChI=1S/C12H22N2OS/c1-3-7-16-10-12(15)13-8-11-5-4-6-14(2)9-11/h3,11H,1,4-10H2,2H3,(H,13,15)/t11-/m0/s1. The van der Waals surface area contributed by atoms with E-state index in [9.17, 15) is 4.79 Å². The average Bonchev–Trinajstić information content (AvgIpc) is 2.27. The molecule has 1 atom stereocenters. The monoisotopic (exact) mass is 242 g/mol. The van der Waals surface area contributed by atoms with Crippen LogP contribution in [-0.4, -0.2) is 49.0 Å². The van der Waals surface area contributed by atoms with E-state index in [1.807, 2.05) is 6.08 Å². The van der Waals surface area contributed by atoms with Crippen LogP contribution in [0.15, 0.2) is 12.7 Å². The van der Waals surface area contributed by atoms with E-state index in [1.54, 1.807) is 11.8 Å². The number of nitrogens with zero attached hydrogens (tertiary/aromatic N) is 1. The normalized spacial score (nSPS) is 21.7. The molecule has 0 bridgehead atoms. The number of thioether (sulfide) groups is 1. The summed E-state index contributed by atoms with van der Waals surface area (Å²) in [6.07, 6.45) is 4.32. The molecule has 3 nitrogen and oxygen atoms in total. The van der Waals surface area contributed by atoms with Crippen LogP contribution >= 0.6 is 11.8 Å². The molecule has 0 aromatic heterocycles. The van der Waals surface area contributed by atoms with Gasteiger partial charge in [-0.25, -0.2) is 0 Å². The van der Waals surface area contributed by atoms with Gasteiger partial charge in [-0.1, -0.05) is 6.08 Å². The van der Waals surface area contributed by atoms with Crippen molar-refractivity contribution < 1.29 is 4.79 Å². The molecule has 0 saturated carbocycles. The topological polar surface area (TPSA) is 32.3 Å². The minimum atomic E-state index is 0.153. The smallest absolute Gasteiger partial charge is 0.230 e. The molecule has 1 saturated heterocycles. The summed E-state index contributed by atoms with van der Waals surface area (Å²) >= 11 is 1.61. The number of hydrogen-bond acceptors (Lipinski definition) is 3. The molecule has 0 aliphatic carbocycles. The predicted octanol–water partition coefficient (Wildman–Crippen LogP) is 1.36. The third-order valence-electron chi connectivity index (χ3n) is 2.78. The van der Waals surface area contributed by atoms with Gasteiger partial charge in [0.25, 0.3) is 0 Å². The van der Waals surface area contributed by atoms with Gasteiger partial charge in [0, 0.05) is 18.8 Å². The van der Waals surface area contributed by atoms with E-state index in [1.165, 1.54) is 19.4 Å². The van der Waals surface area contributed by atoms with Gasteiger partial charge in [0.2, 0.25) is 5.91 Å². The Morgan fingerprint density at radius 3 is 3.19 bits per heavy atom. The zero-order valence-corrected chi connectivity index (χ0v) is 10.9. The summed E-state index contributed by atoms with van der Waals surface area (Å²) in [5, 5.41) is 3.01. The molecule has 0 spiro atoms. The molecule has 1 amide bonds. The van der Waals surface area contributed by atoms with Gasteiger partial charge in [0.15, 0.2) is 0 Å². The fourth-order valence-electron chi connectivity index (χ4n) is 1.98. The lowest BCUT2D eigenvalue weighted by Crippen LogP contribution is -2.39. The number of carbonyl (C=O) groups excluding carboxylic acids is 1. The Morgan fingerprint density at radius 2 is 2.50 bits per heavy atom. The minimum absolute atomic E-state index is 0.153. The fraction of sp³-hybridized carbons (Fsp3) is 0.750. The highest BCUT2D eigenvalue weighted by atomic mass is 32.2. The molecule has 1 aliphatic heterocycles. The summed E-state index contributed by atoms with van der Waals surface area (Å²) in [6, 6.07) is 0. The Labute approximate surface area is 103 Å². The number of nitrogens with one attached hydrogen (secondary N) is 1. The van der Waals surface area contributed by atoms with Crippen LogP contribution in [0.2, 0.25) is 0 Å². The van der Waals surface area contributed by atoms with Gasteiger partial charge in [0.05, 0.1) is 5.75 Å². The lowest BCUT2D eigenvalue weighted by molar-refractivity contribution is -0.118. The minimum Gasteiger partial charge on any atom is -0.355 e. The lowest BCUT2D eigenvalue weighted by atomic mass is 9.98. The summed E-state index contributed by atoms with van der Waals surface area (Å²) in [7, 11) is 2.15. The van der Waals surface area contributed by atoms with Crippen LogP contribution in [0.3, 0.4) is 0 Å². The average molecular weight is 242 g/mol. The van der Waals surface area contributed by atoms with Gasteiger partial charge in [-0.05, 0) is 32.4 Å². The van der Waals surface area contributed by atoms with Crippen LogP contribution in [0, 0.1) is 5.92 Å². The van der Waals surface area contributed by atoms with Gasteiger partial charge in [-0.2, -0.15) is 0 Å². The van der Waals surface area contributed by atoms with Crippen LogP contribution in [0.5, 0.6) is 0 Å². The zero-order chi connectivity index (χ0) is 11.8. The molecule has 1 heterocycles. The molecule has 0 aromatic rings. The molecule has 0 unspecified atom stereocenters. The largest absolute Gasteiger partial charge is 0.355 e. The second-order valence-electron chi connectivity index (χ2n) is 4.38. The second-order valence-corrected chi connectivity index (χ2v) is 5.41. The summed E-state index contributed by atoms with van der Waals surface area (Å²) in [6.45, 7) is 6.76. The Kier molecular flexibility index (Phi) is 6.57. The third-order valence-corrected chi connectivity index (χ3v) is 3.72. The summed E-state index contributed by atoms with van der Waals surface area (Å²) < 4.78 is 0. The molecular weight excluding hydrogens is 220 g/mol. The molecule has 4 heteroatoms. The first-order valence-corrected chi connectivity index (χ1v) is 7.01. The fourth-order valence-corrected chi connectivity index (χ4v) is 2.56. The zero-order valence-electron chi connectivity index (χ0n) is 10.1. The molecular formula is C12H22N2OS. The Bertz CT molecular complexity index is 233. The molecule has 0 aromatic carbocycles. The summed E-state index contributed by atoms with van der Waals surface area (Å²) in [5.74, 6) is 2.18. The van der Waals surface area contributed by atoms with E-state index >= 15 is 0 Å². The van der Waals surface area contributed by atoms with Crippen molar-refractivity contribution in [1.82, 2.24) is 10.2 Å². The van der Waals surface area contributed by atoms with E-state index in [4.69, 9.17) is 0 Å². The molecule has 92 valence electrons. The van der Waals surface area contributed by atoms with Crippen LogP contribution < -0.4 is 5.32 Å². The lowest BCUT2D eigenvalue weighted by Gasteiger charge is -2.29. The quantitative estimate of drug-likeness (QED) is 0.564. The summed E-state index contributed by atoms with van der Waals surface area (Å²) in [5.41, 5.74) is 0.